The fourth-order valence-electron chi connectivity index (χ4n) is 2.12. The number of hydrogen-bond acceptors (Lipinski definition) is 5. The van der Waals surface area contributed by atoms with E-state index in [1.165, 1.54) is 18.2 Å². The summed E-state index contributed by atoms with van der Waals surface area (Å²) in [7, 11) is 0. The molecular formula is C18H20F3N3O4. The minimum atomic E-state index is -4.52. The van der Waals surface area contributed by atoms with E-state index in [0.717, 1.165) is 12.1 Å². The van der Waals surface area contributed by atoms with Crippen molar-refractivity contribution in [1.82, 2.24) is 10.5 Å². The van der Waals surface area contributed by atoms with Crippen LogP contribution in [0.25, 0.3) is 0 Å². The average Bonchev–Trinajstić information content (AvgIpc) is 3.02. The second kappa shape index (κ2) is 7.91. The molecule has 1 aromatic heterocycles. The lowest BCUT2D eigenvalue weighted by atomic mass is 10.2. The maximum Gasteiger partial charge on any atom is 0.416 e. The molecule has 2 rings (SSSR count). The first-order chi connectivity index (χ1) is 12.8. The molecule has 0 bridgehead atoms. The number of alkyl carbamates (subject to hydrolysis) is 1. The summed E-state index contributed by atoms with van der Waals surface area (Å²) in [5.41, 5.74) is -1.75. The Labute approximate surface area is 159 Å². The predicted molar refractivity (Wildman–Crippen MR) is 93.7 cm³/mol. The van der Waals surface area contributed by atoms with Crippen LogP contribution in [-0.2, 0) is 10.9 Å². The molecule has 152 valence electrons. The molecule has 0 spiro atoms. The van der Waals surface area contributed by atoms with Crippen molar-refractivity contribution in [2.45, 2.75) is 45.5 Å². The molecule has 0 saturated carbocycles. The molecule has 2 aromatic rings. The number of nitrogens with one attached hydrogen (secondary N) is 2. The highest BCUT2D eigenvalue weighted by Crippen LogP contribution is 2.30. The van der Waals surface area contributed by atoms with Crippen molar-refractivity contribution >= 4 is 17.7 Å². The van der Waals surface area contributed by atoms with Crippen LogP contribution in [-0.4, -0.2) is 22.8 Å². The lowest BCUT2D eigenvalue weighted by molar-refractivity contribution is -0.137. The fourth-order valence-corrected chi connectivity index (χ4v) is 2.12. The van der Waals surface area contributed by atoms with Crippen LogP contribution in [0.5, 0.6) is 0 Å². The maximum atomic E-state index is 12.7. The zero-order valence-corrected chi connectivity index (χ0v) is 15.7. The summed E-state index contributed by atoms with van der Waals surface area (Å²) in [6.45, 7) is 6.73. The third-order valence-electron chi connectivity index (χ3n) is 3.37. The first-order valence-electron chi connectivity index (χ1n) is 8.30. The number of ether oxygens (including phenoxy) is 1. The zero-order chi connectivity index (χ0) is 21.1. The smallest absolute Gasteiger partial charge is 0.416 e. The third-order valence-corrected chi connectivity index (χ3v) is 3.37. The van der Waals surface area contributed by atoms with Crippen molar-refractivity contribution in [2.24, 2.45) is 0 Å². The molecule has 28 heavy (non-hydrogen) atoms. The summed E-state index contributed by atoms with van der Waals surface area (Å²) in [6, 6.07) is 4.85. The van der Waals surface area contributed by atoms with Gasteiger partial charge in [0.25, 0.3) is 5.91 Å². The number of alkyl halides is 3. The SMILES string of the molecule is C[C@@H](NC(=O)OC(C)(C)C)c1cc(C(=O)Nc2cccc(C(F)(F)F)c2)no1. The minimum Gasteiger partial charge on any atom is -0.444 e. The van der Waals surface area contributed by atoms with Gasteiger partial charge in [-0.15, -0.1) is 0 Å². The predicted octanol–water partition coefficient (Wildman–Crippen LogP) is 4.53. The molecule has 2 amide bonds. The Hall–Kier alpha value is -3.04. The summed E-state index contributed by atoms with van der Waals surface area (Å²) in [5, 5.41) is 8.43. The van der Waals surface area contributed by atoms with Crippen LogP contribution in [0.2, 0.25) is 0 Å². The number of carbonyl (C=O) groups is 2. The van der Waals surface area contributed by atoms with E-state index in [-0.39, 0.29) is 17.1 Å². The van der Waals surface area contributed by atoms with Gasteiger partial charge in [-0.2, -0.15) is 13.2 Å². The summed E-state index contributed by atoms with van der Waals surface area (Å²) in [4.78, 5) is 24.0. The van der Waals surface area contributed by atoms with Gasteiger partial charge < -0.3 is 19.9 Å². The number of anilines is 1. The molecule has 0 unspecified atom stereocenters. The normalized spacial score (nSPS) is 13.0. The number of halogens is 3. The first-order valence-corrected chi connectivity index (χ1v) is 8.30. The van der Waals surface area contributed by atoms with Gasteiger partial charge in [-0.25, -0.2) is 4.79 Å². The Morgan fingerprint density at radius 1 is 1.18 bits per heavy atom. The molecular weight excluding hydrogens is 379 g/mol. The zero-order valence-electron chi connectivity index (χ0n) is 15.7. The van der Waals surface area contributed by atoms with Crippen LogP contribution in [0.15, 0.2) is 34.9 Å². The third kappa shape index (κ3) is 6.00. The highest BCUT2D eigenvalue weighted by atomic mass is 19.4. The van der Waals surface area contributed by atoms with Crippen LogP contribution in [0.4, 0.5) is 23.7 Å². The Morgan fingerprint density at radius 2 is 1.86 bits per heavy atom. The van der Waals surface area contributed by atoms with Crippen molar-refractivity contribution in [3.63, 3.8) is 0 Å². The van der Waals surface area contributed by atoms with E-state index in [1.807, 2.05) is 0 Å². The number of benzene rings is 1. The second-order valence-electron chi connectivity index (χ2n) is 7.02. The second-order valence-corrected chi connectivity index (χ2v) is 7.02. The Balaban J connectivity index is 2.03. The molecule has 7 nitrogen and oxygen atoms in total. The molecule has 0 fully saturated rings. The van der Waals surface area contributed by atoms with Crippen LogP contribution < -0.4 is 10.6 Å². The average molecular weight is 399 g/mol. The fraction of sp³-hybridized carbons (Fsp3) is 0.389. The van der Waals surface area contributed by atoms with Gasteiger partial charge >= 0.3 is 12.3 Å². The van der Waals surface area contributed by atoms with Crippen LogP contribution in [0.3, 0.4) is 0 Å². The van der Waals surface area contributed by atoms with E-state index in [1.54, 1.807) is 27.7 Å². The summed E-state index contributed by atoms with van der Waals surface area (Å²) < 4.78 is 48.4. The van der Waals surface area contributed by atoms with E-state index < -0.39 is 35.4 Å². The van der Waals surface area contributed by atoms with Crippen LogP contribution in [0.1, 0.15) is 55.5 Å². The van der Waals surface area contributed by atoms with E-state index in [4.69, 9.17) is 9.26 Å². The number of aromatic nitrogens is 1. The molecule has 1 heterocycles. The number of nitrogens with zero attached hydrogens (tertiary/aromatic N) is 1. The monoisotopic (exact) mass is 399 g/mol. The van der Waals surface area contributed by atoms with Gasteiger partial charge in [0.2, 0.25) is 0 Å². The van der Waals surface area contributed by atoms with E-state index in [9.17, 15) is 22.8 Å². The number of amides is 2. The van der Waals surface area contributed by atoms with Gasteiger partial charge in [-0.05, 0) is 45.9 Å². The van der Waals surface area contributed by atoms with Crippen molar-refractivity contribution in [2.75, 3.05) is 5.32 Å². The number of hydrogen-bond donors (Lipinski definition) is 2. The van der Waals surface area contributed by atoms with Gasteiger partial charge in [0.1, 0.15) is 5.60 Å². The van der Waals surface area contributed by atoms with Gasteiger partial charge in [0, 0.05) is 11.8 Å². The number of rotatable bonds is 4. The maximum absolute atomic E-state index is 12.7. The Morgan fingerprint density at radius 3 is 2.46 bits per heavy atom. The molecule has 10 heteroatoms. The van der Waals surface area contributed by atoms with Gasteiger partial charge in [-0.1, -0.05) is 11.2 Å². The summed E-state index contributed by atoms with van der Waals surface area (Å²) in [5.74, 6) is -0.571. The van der Waals surface area contributed by atoms with E-state index in [2.05, 4.69) is 15.8 Å². The molecule has 2 N–H and O–H groups in total. The quantitative estimate of drug-likeness (QED) is 0.788. The standard InChI is InChI=1S/C18H20F3N3O4/c1-10(22-16(26)27-17(2,3)4)14-9-13(24-28-14)15(25)23-12-7-5-6-11(8-12)18(19,20)21/h5-10H,1-4H3,(H,22,26)(H,23,25)/t10-/m1/s1. The first kappa shape index (κ1) is 21.3. The molecule has 0 saturated heterocycles. The van der Waals surface area contributed by atoms with Crippen molar-refractivity contribution in [1.29, 1.82) is 0 Å². The lowest BCUT2D eigenvalue weighted by Crippen LogP contribution is -2.33. The molecule has 0 aliphatic rings. The van der Waals surface area contributed by atoms with Crippen LogP contribution >= 0.6 is 0 Å². The molecule has 0 aliphatic carbocycles. The number of carbonyl (C=O) groups excluding carboxylic acids is 2. The highest BCUT2D eigenvalue weighted by molar-refractivity contribution is 6.02. The van der Waals surface area contributed by atoms with Gasteiger partial charge in [-0.3, -0.25) is 4.79 Å². The largest absolute Gasteiger partial charge is 0.444 e. The topological polar surface area (TPSA) is 93.5 Å². The van der Waals surface area contributed by atoms with E-state index >= 15 is 0 Å². The summed E-state index contributed by atoms with van der Waals surface area (Å²) in [6.07, 6.45) is -5.20. The Bertz CT molecular complexity index is 856. The van der Waals surface area contributed by atoms with Crippen molar-refractivity contribution in [3.8, 4) is 0 Å². The molecule has 0 radical (unpaired) electrons. The molecule has 1 aromatic carbocycles. The van der Waals surface area contributed by atoms with Gasteiger partial charge in [0.15, 0.2) is 11.5 Å². The van der Waals surface area contributed by atoms with Gasteiger partial charge in [0.05, 0.1) is 11.6 Å². The molecule has 0 aliphatic heterocycles. The van der Waals surface area contributed by atoms with Crippen molar-refractivity contribution < 1.29 is 32.0 Å². The van der Waals surface area contributed by atoms with Crippen LogP contribution in [0, 0.1) is 0 Å². The van der Waals surface area contributed by atoms with Crippen molar-refractivity contribution in [3.05, 3.63) is 47.3 Å². The molecule has 1 atom stereocenters. The lowest BCUT2D eigenvalue weighted by Gasteiger charge is -2.21. The minimum absolute atomic E-state index is 0.0377. The summed E-state index contributed by atoms with van der Waals surface area (Å²) >= 11 is 0. The highest BCUT2D eigenvalue weighted by Gasteiger charge is 2.30. The van der Waals surface area contributed by atoms with E-state index in [0.29, 0.717) is 0 Å². The Kier molecular flexibility index (Phi) is 6.01.